The first-order chi connectivity index (χ1) is 8.78. The number of hydrogen-bond donors (Lipinski definition) is 0. The molecule has 0 aliphatic rings. The molecule has 0 rings (SSSR count). The lowest BCUT2D eigenvalue weighted by Gasteiger charge is -2.36. The van der Waals surface area contributed by atoms with Gasteiger partial charge in [-0.25, -0.2) is 0 Å². The number of rotatable bonds is 8. The molecule has 2 unspecified atom stereocenters. The van der Waals surface area contributed by atoms with Crippen LogP contribution in [0, 0.1) is 17.3 Å². The minimum absolute atomic E-state index is 0.411. The summed E-state index contributed by atoms with van der Waals surface area (Å²) in [5, 5.41) is 0. The minimum Gasteiger partial charge on any atom is -0.130 e. The predicted octanol–water partition coefficient (Wildman–Crippen LogP) is 6.54. The third-order valence-corrected chi connectivity index (χ3v) is 4.72. The minimum atomic E-state index is 0.411. The van der Waals surface area contributed by atoms with Crippen LogP contribution in [0.4, 0.5) is 0 Å². The quantitative estimate of drug-likeness (QED) is 0.344. The first-order valence-electron chi connectivity index (χ1n) is 7.76. The molecule has 0 saturated carbocycles. The fourth-order valence-electron chi connectivity index (χ4n) is 2.81. The molecular weight excluding hydrogens is 228 g/mol. The van der Waals surface area contributed by atoms with Crippen LogP contribution >= 0.6 is 0 Å². The van der Waals surface area contributed by atoms with Crippen LogP contribution in [0.2, 0.25) is 0 Å². The summed E-state index contributed by atoms with van der Waals surface area (Å²) in [5.41, 5.74) is 6.30. The monoisotopic (exact) mass is 262 g/mol. The molecule has 110 valence electrons. The van der Waals surface area contributed by atoms with Crippen molar-refractivity contribution in [3.63, 3.8) is 0 Å². The van der Waals surface area contributed by atoms with E-state index in [1.807, 2.05) is 0 Å². The lowest BCUT2D eigenvalue weighted by Crippen LogP contribution is -2.26. The third kappa shape index (κ3) is 6.30. The SMILES string of the molecule is C=C=C(C)C(C)CC(CC(C)=CC)C(C)(C)CCC. The van der Waals surface area contributed by atoms with Gasteiger partial charge in [0.05, 0.1) is 0 Å². The summed E-state index contributed by atoms with van der Waals surface area (Å²) in [7, 11) is 0. The third-order valence-electron chi connectivity index (χ3n) is 4.72. The van der Waals surface area contributed by atoms with Crippen molar-refractivity contribution in [2.75, 3.05) is 0 Å². The first-order valence-corrected chi connectivity index (χ1v) is 7.76. The van der Waals surface area contributed by atoms with Crippen LogP contribution in [-0.2, 0) is 0 Å². The Kier molecular flexibility index (Phi) is 8.11. The Bertz CT molecular complexity index is 337. The van der Waals surface area contributed by atoms with Gasteiger partial charge in [0.1, 0.15) is 0 Å². The van der Waals surface area contributed by atoms with Crippen molar-refractivity contribution in [1.29, 1.82) is 0 Å². The lowest BCUT2D eigenvalue weighted by molar-refractivity contribution is 0.166. The zero-order valence-electron chi connectivity index (χ0n) is 14.3. The summed E-state index contributed by atoms with van der Waals surface area (Å²) in [6, 6.07) is 0. The van der Waals surface area contributed by atoms with Crippen molar-refractivity contribution in [3.8, 4) is 0 Å². The Balaban J connectivity index is 5.01. The van der Waals surface area contributed by atoms with Gasteiger partial charge in [0.15, 0.2) is 0 Å². The molecule has 0 aliphatic heterocycles. The van der Waals surface area contributed by atoms with E-state index in [9.17, 15) is 0 Å². The average Bonchev–Trinajstić information content (AvgIpc) is 2.36. The second-order valence-corrected chi connectivity index (χ2v) is 6.77. The van der Waals surface area contributed by atoms with Crippen LogP contribution in [0.15, 0.2) is 29.5 Å². The van der Waals surface area contributed by atoms with E-state index in [0.717, 1.165) is 5.92 Å². The molecule has 19 heavy (non-hydrogen) atoms. The van der Waals surface area contributed by atoms with E-state index in [4.69, 9.17) is 0 Å². The van der Waals surface area contributed by atoms with E-state index in [0.29, 0.717) is 11.3 Å². The largest absolute Gasteiger partial charge is 0.130 e. The molecule has 0 aromatic heterocycles. The topological polar surface area (TPSA) is 0 Å². The predicted molar refractivity (Wildman–Crippen MR) is 88.3 cm³/mol. The van der Waals surface area contributed by atoms with Gasteiger partial charge >= 0.3 is 0 Å². The van der Waals surface area contributed by atoms with E-state index in [-0.39, 0.29) is 0 Å². The van der Waals surface area contributed by atoms with Gasteiger partial charge in [0, 0.05) is 0 Å². The van der Waals surface area contributed by atoms with Crippen LogP contribution < -0.4 is 0 Å². The van der Waals surface area contributed by atoms with E-state index < -0.39 is 0 Å². The number of hydrogen-bond acceptors (Lipinski definition) is 0. The second kappa shape index (κ2) is 8.43. The zero-order valence-corrected chi connectivity index (χ0v) is 14.3. The molecule has 0 saturated heterocycles. The van der Waals surface area contributed by atoms with E-state index in [1.54, 1.807) is 0 Å². The summed E-state index contributed by atoms with van der Waals surface area (Å²) in [6.45, 7) is 19.8. The average molecular weight is 262 g/mol. The summed E-state index contributed by atoms with van der Waals surface area (Å²) in [5.74, 6) is 1.32. The highest BCUT2D eigenvalue weighted by Crippen LogP contribution is 2.40. The fourth-order valence-corrected chi connectivity index (χ4v) is 2.81. The maximum atomic E-state index is 3.79. The molecular formula is C19H34. The first kappa shape index (κ1) is 18.3. The van der Waals surface area contributed by atoms with Crippen LogP contribution in [-0.4, -0.2) is 0 Å². The molecule has 0 amide bonds. The standard InChI is InChI=1S/C19H34/c1-9-12-19(7,8)18(13-15(4)10-2)14-17(6)16(5)11-3/h10,17-18H,3,9,12-14H2,1-2,4-8H3. The molecule has 2 atom stereocenters. The Morgan fingerprint density at radius 2 is 1.89 bits per heavy atom. The van der Waals surface area contributed by atoms with Crippen molar-refractivity contribution < 1.29 is 0 Å². The highest BCUT2D eigenvalue weighted by atomic mass is 14.3. The molecule has 0 heterocycles. The van der Waals surface area contributed by atoms with Crippen LogP contribution in [0.3, 0.4) is 0 Å². The van der Waals surface area contributed by atoms with Crippen molar-refractivity contribution in [1.82, 2.24) is 0 Å². The van der Waals surface area contributed by atoms with E-state index in [1.165, 1.54) is 36.8 Å². The van der Waals surface area contributed by atoms with Crippen molar-refractivity contribution in [2.24, 2.45) is 17.3 Å². The van der Waals surface area contributed by atoms with Gasteiger partial charge in [-0.1, -0.05) is 52.3 Å². The fraction of sp³-hybridized carbons (Fsp3) is 0.737. The summed E-state index contributed by atoms with van der Waals surface area (Å²) < 4.78 is 0. The van der Waals surface area contributed by atoms with Crippen molar-refractivity contribution in [3.05, 3.63) is 29.5 Å². The Labute approximate surface area is 121 Å². The van der Waals surface area contributed by atoms with Crippen LogP contribution in [0.5, 0.6) is 0 Å². The highest BCUT2D eigenvalue weighted by molar-refractivity contribution is 5.04. The zero-order chi connectivity index (χ0) is 15.1. The molecule has 0 fully saturated rings. The van der Waals surface area contributed by atoms with E-state index >= 15 is 0 Å². The molecule has 0 nitrogen and oxygen atoms in total. The Hall–Kier alpha value is -0.740. The molecule has 0 aliphatic carbocycles. The van der Waals surface area contributed by atoms with Gasteiger partial charge in [-0.15, -0.1) is 5.73 Å². The van der Waals surface area contributed by atoms with Gasteiger partial charge in [0.25, 0.3) is 0 Å². The maximum Gasteiger partial charge on any atom is -0.0156 e. The van der Waals surface area contributed by atoms with Gasteiger partial charge in [-0.2, -0.15) is 0 Å². The molecule has 0 radical (unpaired) electrons. The molecule has 0 aromatic carbocycles. The van der Waals surface area contributed by atoms with Gasteiger partial charge < -0.3 is 0 Å². The molecule has 0 aromatic rings. The highest BCUT2D eigenvalue weighted by Gasteiger charge is 2.30. The van der Waals surface area contributed by atoms with Crippen molar-refractivity contribution >= 4 is 0 Å². The summed E-state index contributed by atoms with van der Waals surface area (Å²) in [4.78, 5) is 0. The van der Waals surface area contributed by atoms with Crippen LogP contribution in [0.1, 0.15) is 74.1 Å². The lowest BCUT2D eigenvalue weighted by atomic mass is 9.69. The normalized spacial score (nSPS) is 15.8. The van der Waals surface area contributed by atoms with Gasteiger partial charge in [0.2, 0.25) is 0 Å². The summed E-state index contributed by atoms with van der Waals surface area (Å²) >= 11 is 0. The molecule has 0 bridgehead atoms. The number of allylic oxidation sites excluding steroid dienone is 3. The maximum absolute atomic E-state index is 3.79. The van der Waals surface area contributed by atoms with Gasteiger partial charge in [-0.05, 0) is 62.9 Å². The summed E-state index contributed by atoms with van der Waals surface area (Å²) in [6.07, 6.45) is 7.29. The smallest absolute Gasteiger partial charge is 0.0156 e. The molecule has 0 spiro atoms. The molecule has 0 heteroatoms. The Morgan fingerprint density at radius 1 is 1.32 bits per heavy atom. The van der Waals surface area contributed by atoms with Gasteiger partial charge in [-0.3, -0.25) is 0 Å². The second-order valence-electron chi connectivity index (χ2n) is 6.77. The van der Waals surface area contributed by atoms with Crippen molar-refractivity contribution in [2.45, 2.75) is 74.1 Å². The Morgan fingerprint density at radius 3 is 2.32 bits per heavy atom. The van der Waals surface area contributed by atoms with Crippen LogP contribution in [0.25, 0.3) is 0 Å². The molecule has 0 N–H and O–H groups in total. The van der Waals surface area contributed by atoms with E-state index in [2.05, 4.69) is 66.9 Å².